The van der Waals surface area contributed by atoms with Gasteiger partial charge in [-0.1, -0.05) is 19.1 Å². The molecule has 0 radical (unpaired) electrons. The van der Waals surface area contributed by atoms with Crippen LogP contribution in [0.2, 0.25) is 0 Å². The van der Waals surface area contributed by atoms with Gasteiger partial charge in [0.05, 0.1) is 0 Å². The van der Waals surface area contributed by atoms with Crippen LogP contribution in [0, 0.1) is 11.2 Å². The number of rotatable bonds is 5. The number of hydrogen-bond donors (Lipinski definition) is 2. The van der Waals surface area contributed by atoms with E-state index in [0.29, 0.717) is 12.8 Å². The van der Waals surface area contributed by atoms with Crippen molar-refractivity contribution in [2.45, 2.75) is 32.6 Å². The normalized spacial score (nSPS) is 17.7. The summed E-state index contributed by atoms with van der Waals surface area (Å²) in [4.78, 5) is 11.9. The maximum atomic E-state index is 12.8. The Morgan fingerprint density at radius 2 is 1.95 bits per heavy atom. The summed E-state index contributed by atoms with van der Waals surface area (Å²) in [6.45, 7) is 5.04. The van der Waals surface area contributed by atoms with Crippen LogP contribution in [0.1, 0.15) is 31.7 Å². The summed E-state index contributed by atoms with van der Waals surface area (Å²) in [7, 11) is 0. The molecule has 2 rings (SSSR count). The van der Waals surface area contributed by atoms with E-state index in [2.05, 4.69) is 17.6 Å². The van der Waals surface area contributed by atoms with Crippen molar-refractivity contribution in [2.24, 2.45) is 5.41 Å². The number of aryl methyl sites for hydroxylation is 1. The monoisotopic (exact) mass is 278 g/mol. The SMILES string of the molecule is CC1(CNC(=O)CCc2ccc(F)cc2)CCNCC1. The highest BCUT2D eigenvalue weighted by Crippen LogP contribution is 2.26. The van der Waals surface area contributed by atoms with Gasteiger partial charge in [-0.05, 0) is 55.5 Å². The van der Waals surface area contributed by atoms with Gasteiger partial charge in [0.1, 0.15) is 5.82 Å². The van der Waals surface area contributed by atoms with Gasteiger partial charge < -0.3 is 10.6 Å². The fourth-order valence-electron chi connectivity index (χ4n) is 2.52. The van der Waals surface area contributed by atoms with Crippen LogP contribution < -0.4 is 10.6 Å². The Balaban J connectivity index is 1.71. The van der Waals surface area contributed by atoms with E-state index in [1.165, 1.54) is 12.1 Å². The topological polar surface area (TPSA) is 41.1 Å². The van der Waals surface area contributed by atoms with Gasteiger partial charge in [-0.3, -0.25) is 4.79 Å². The third kappa shape index (κ3) is 4.60. The van der Waals surface area contributed by atoms with Crippen LogP contribution in [-0.4, -0.2) is 25.5 Å². The molecular formula is C16H23FN2O. The highest BCUT2D eigenvalue weighted by molar-refractivity contribution is 5.76. The van der Waals surface area contributed by atoms with Crippen molar-refractivity contribution in [1.82, 2.24) is 10.6 Å². The summed E-state index contributed by atoms with van der Waals surface area (Å²) in [5, 5.41) is 6.37. The van der Waals surface area contributed by atoms with Crippen molar-refractivity contribution < 1.29 is 9.18 Å². The molecule has 110 valence electrons. The molecule has 1 aliphatic heterocycles. The lowest BCUT2D eigenvalue weighted by Gasteiger charge is -2.34. The Hall–Kier alpha value is -1.42. The van der Waals surface area contributed by atoms with Gasteiger partial charge in [-0.25, -0.2) is 4.39 Å². The molecule has 0 aliphatic carbocycles. The lowest BCUT2D eigenvalue weighted by Crippen LogP contribution is -2.42. The van der Waals surface area contributed by atoms with Crippen LogP contribution in [0.15, 0.2) is 24.3 Å². The minimum Gasteiger partial charge on any atom is -0.356 e. The van der Waals surface area contributed by atoms with Gasteiger partial charge >= 0.3 is 0 Å². The van der Waals surface area contributed by atoms with Crippen LogP contribution in [0.5, 0.6) is 0 Å². The molecule has 20 heavy (non-hydrogen) atoms. The average molecular weight is 278 g/mol. The van der Waals surface area contributed by atoms with Crippen molar-refractivity contribution in [3.05, 3.63) is 35.6 Å². The molecule has 1 aromatic carbocycles. The smallest absolute Gasteiger partial charge is 0.220 e. The maximum Gasteiger partial charge on any atom is 0.220 e. The van der Waals surface area contributed by atoms with E-state index in [4.69, 9.17) is 0 Å². The zero-order valence-corrected chi connectivity index (χ0v) is 12.0. The summed E-state index contributed by atoms with van der Waals surface area (Å²) < 4.78 is 12.8. The molecule has 2 N–H and O–H groups in total. The predicted molar refractivity (Wildman–Crippen MR) is 77.9 cm³/mol. The second-order valence-corrected chi connectivity index (χ2v) is 5.96. The molecular weight excluding hydrogens is 255 g/mol. The number of hydrogen-bond acceptors (Lipinski definition) is 2. The molecule has 0 bridgehead atoms. The molecule has 4 heteroatoms. The molecule has 3 nitrogen and oxygen atoms in total. The van der Waals surface area contributed by atoms with Gasteiger partial charge in [0, 0.05) is 13.0 Å². The highest BCUT2D eigenvalue weighted by Gasteiger charge is 2.26. The molecule has 1 aromatic rings. The molecule has 0 saturated carbocycles. The molecule has 1 saturated heterocycles. The maximum absolute atomic E-state index is 12.8. The van der Waals surface area contributed by atoms with Gasteiger partial charge in [0.2, 0.25) is 5.91 Å². The van der Waals surface area contributed by atoms with Crippen molar-refractivity contribution in [2.75, 3.05) is 19.6 Å². The van der Waals surface area contributed by atoms with Crippen molar-refractivity contribution in [1.29, 1.82) is 0 Å². The first-order valence-corrected chi connectivity index (χ1v) is 7.29. The Bertz CT molecular complexity index is 438. The van der Waals surface area contributed by atoms with Crippen LogP contribution in [0.25, 0.3) is 0 Å². The summed E-state index contributed by atoms with van der Waals surface area (Å²) >= 11 is 0. The van der Waals surface area contributed by atoms with E-state index in [0.717, 1.165) is 38.0 Å². The third-order valence-electron chi connectivity index (χ3n) is 4.08. The van der Waals surface area contributed by atoms with Crippen LogP contribution in [0.4, 0.5) is 4.39 Å². The Morgan fingerprint density at radius 3 is 2.60 bits per heavy atom. The van der Waals surface area contributed by atoms with E-state index in [1.54, 1.807) is 12.1 Å². The summed E-state index contributed by atoms with van der Waals surface area (Å²) in [5.41, 5.74) is 1.21. The molecule has 1 heterocycles. The highest BCUT2D eigenvalue weighted by atomic mass is 19.1. The number of benzene rings is 1. The van der Waals surface area contributed by atoms with Gasteiger partial charge in [-0.2, -0.15) is 0 Å². The average Bonchev–Trinajstić information content (AvgIpc) is 2.45. The quantitative estimate of drug-likeness (QED) is 0.867. The lowest BCUT2D eigenvalue weighted by molar-refractivity contribution is -0.121. The molecule has 1 amide bonds. The van der Waals surface area contributed by atoms with E-state index < -0.39 is 0 Å². The first-order valence-electron chi connectivity index (χ1n) is 7.29. The first kappa shape index (κ1) is 15.0. The number of carbonyl (C=O) groups is 1. The largest absolute Gasteiger partial charge is 0.356 e. The summed E-state index contributed by atoms with van der Waals surface area (Å²) in [6, 6.07) is 6.33. The number of piperidine rings is 1. The molecule has 0 aromatic heterocycles. The number of nitrogens with one attached hydrogen (secondary N) is 2. The zero-order chi connectivity index (χ0) is 14.4. The molecule has 0 spiro atoms. The van der Waals surface area contributed by atoms with Crippen molar-refractivity contribution >= 4 is 5.91 Å². The molecule has 0 atom stereocenters. The van der Waals surface area contributed by atoms with E-state index >= 15 is 0 Å². The number of halogens is 1. The second-order valence-electron chi connectivity index (χ2n) is 5.96. The molecule has 1 aliphatic rings. The van der Waals surface area contributed by atoms with Crippen molar-refractivity contribution in [3.63, 3.8) is 0 Å². The zero-order valence-electron chi connectivity index (χ0n) is 12.0. The number of carbonyl (C=O) groups excluding carboxylic acids is 1. The first-order chi connectivity index (χ1) is 9.57. The number of amides is 1. The Morgan fingerprint density at radius 1 is 1.30 bits per heavy atom. The predicted octanol–water partition coefficient (Wildman–Crippen LogP) is 2.26. The second kappa shape index (κ2) is 6.84. The van der Waals surface area contributed by atoms with E-state index in [9.17, 15) is 9.18 Å². The lowest BCUT2D eigenvalue weighted by atomic mass is 9.81. The third-order valence-corrected chi connectivity index (χ3v) is 4.08. The molecule has 0 unspecified atom stereocenters. The van der Waals surface area contributed by atoms with Crippen LogP contribution >= 0.6 is 0 Å². The summed E-state index contributed by atoms with van der Waals surface area (Å²) in [5.74, 6) is -0.161. The van der Waals surface area contributed by atoms with Crippen LogP contribution in [-0.2, 0) is 11.2 Å². The fourth-order valence-corrected chi connectivity index (χ4v) is 2.52. The van der Waals surface area contributed by atoms with E-state index in [-0.39, 0.29) is 17.1 Å². The summed E-state index contributed by atoms with van der Waals surface area (Å²) in [6.07, 6.45) is 3.32. The van der Waals surface area contributed by atoms with Gasteiger partial charge in [0.25, 0.3) is 0 Å². The Labute approximate surface area is 120 Å². The van der Waals surface area contributed by atoms with E-state index in [1.807, 2.05) is 0 Å². The van der Waals surface area contributed by atoms with Crippen molar-refractivity contribution in [3.8, 4) is 0 Å². The molecule has 1 fully saturated rings. The standard InChI is InChI=1S/C16H23FN2O/c1-16(8-10-18-11-9-16)12-19-15(20)7-4-13-2-5-14(17)6-3-13/h2-3,5-6,18H,4,7-12H2,1H3,(H,19,20). The Kier molecular flexibility index (Phi) is 5.12. The fraction of sp³-hybridized carbons (Fsp3) is 0.562. The minimum absolute atomic E-state index is 0.0779. The van der Waals surface area contributed by atoms with Crippen LogP contribution in [0.3, 0.4) is 0 Å². The minimum atomic E-state index is -0.239. The van der Waals surface area contributed by atoms with Gasteiger partial charge in [-0.15, -0.1) is 0 Å². The van der Waals surface area contributed by atoms with Gasteiger partial charge in [0.15, 0.2) is 0 Å².